The lowest BCUT2D eigenvalue weighted by atomic mass is 9.82. The summed E-state index contributed by atoms with van der Waals surface area (Å²) in [7, 11) is -3.73. The molecule has 1 fully saturated rings. The average Bonchev–Trinajstić information content (AvgIpc) is 2.72. The Morgan fingerprint density at radius 2 is 1.80 bits per heavy atom. The zero-order chi connectivity index (χ0) is 22.4. The van der Waals surface area contributed by atoms with E-state index in [1.165, 1.54) is 16.4 Å². The smallest absolute Gasteiger partial charge is 0.233 e. The Morgan fingerprint density at radius 1 is 1.20 bits per heavy atom. The van der Waals surface area contributed by atoms with Gasteiger partial charge in [0.05, 0.1) is 11.8 Å². The Hall–Kier alpha value is -2.15. The van der Waals surface area contributed by atoms with Crippen molar-refractivity contribution < 1.29 is 22.8 Å². The number of nitrogens with zero attached hydrogens (tertiary/aromatic N) is 3. The number of piperazine rings is 1. The molecular weight excluding hydrogens is 409 g/mol. The summed E-state index contributed by atoms with van der Waals surface area (Å²) in [6, 6.07) is 5.16. The van der Waals surface area contributed by atoms with Crippen LogP contribution in [0.5, 0.6) is 0 Å². The van der Waals surface area contributed by atoms with Crippen molar-refractivity contribution in [1.29, 1.82) is 0 Å². The number of rotatable bonds is 8. The van der Waals surface area contributed by atoms with Gasteiger partial charge >= 0.3 is 0 Å². The zero-order valence-corrected chi connectivity index (χ0v) is 18.5. The molecule has 0 aromatic heterocycles. The van der Waals surface area contributed by atoms with Gasteiger partial charge in [0.25, 0.3) is 0 Å². The number of amides is 1. The highest BCUT2D eigenvalue weighted by molar-refractivity contribution is 7.89. The summed E-state index contributed by atoms with van der Waals surface area (Å²) in [4.78, 5) is 13.2. The SMILES string of the molecule is CCC#CCC(C)(C)C(CS(=O)(=O)N1CCN(c2ccc(F)cc2)CC1)N(O)C=O. The van der Waals surface area contributed by atoms with Crippen molar-refractivity contribution in [3.05, 3.63) is 30.1 Å². The minimum Gasteiger partial charge on any atom is -0.369 e. The molecule has 0 radical (unpaired) electrons. The Kier molecular flexibility index (Phi) is 8.24. The highest BCUT2D eigenvalue weighted by atomic mass is 32.2. The quantitative estimate of drug-likeness (QED) is 0.291. The minimum absolute atomic E-state index is 0.238. The maximum absolute atomic E-state index is 13.1. The van der Waals surface area contributed by atoms with Gasteiger partial charge in [-0.2, -0.15) is 4.31 Å². The van der Waals surface area contributed by atoms with Gasteiger partial charge in [-0.1, -0.05) is 20.8 Å². The zero-order valence-electron chi connectivity index (χ0n) is 17.7. The molecular formula is C21H30FN3O4S. The first kappa shape index (κ1) is 24.1. The van der Waals surface area contributed by atoms with Gasteiger partial charge in [-0.25, -0.2) is 17.9 Å². The van der Waals surface area contributed by atoms with E-state index in [0.29, 0.717) is 31.0 Å². The summed E-state index contributed by atoms with van der Waals surface area (Å²) < 4.78 is 40.6. The standard InChI is InChI=1S/C21H30FN3O4S/c1-4-5-6-11-21(2,3)20(25(27)17-26)16-30(28,29)24-14-12-23(13-15-24)19-9-7-18(22)8-10-19/h7-10,17,20,27H,4,11-16H2,1-3H3. The van der Waals surface area contributed by atoms with E-state index >= 15 is 0 Å². The first-order valence-corrected chi connectivity index (χ1v) is 11.6. The summed E-state index contributed by atoms with van der Waals surface area (Å²) in [6.45, 7) is 6.98. The maximum Gasteiger partial charge on any atom is 0.233 e. The first-order chi connectivity index (χ1) is 14.1. The summed E-state index contributed by atoms with van der Waals surface area (Å²) in [5, 5.41) is 10.5. The Balaban J connectivity index is 2.09. The molecule has 1 aliphatic rings. The number of carbonyl (C=O) groups excluding carboxylic acids is 1. The summed E-state index contributed by atoms with van der Waals surface area (Å²) in [6.07, 6.45) is 1.26. The van der Waals surface area contributed by atoms with E-state index in [9.17, 15) is 22.8 Å². The molecule has 1 aromatic rings. The van der Waals surface area contributed by atoms with Crippen LogP contribution in [-0.2, 0) is 14.8 Å². The molecule has 30 heavy (non-hydrogen) atoms. The second kappa shape index (κ2) is 10.2. The third kappa shape index (κ3) is 6.17. The maximum atomic E-state index is 13.1. The Bertz CT molecular complexity index is 870. The molecule has 1 heterocycles. The van der Waals surface area contributed by atoms with Gasteiger partial charge in [0, 0.05) is 44.7 Å². The second-order valence-electron chi connectivity index (χ2n) is 8.01. The van der Waals surface area contributed by atoms with E-state index < -0.39 is 21.5 Å². The highest BCUT2D eigenvalue weighted by Gasteiger charge is 2.39. The number of anilines is 1. The highest BCUT2D eigenvalue weighted by Crippen LogP contribution is 2.30. The molecule has 0 bridgehead atoms. The van der Waals surface area contributed by atoms with E-state index in [1.54, 1.807) is 26.0 Å². The van der Waals surface area contributed by atoms with Crippen molar-refractivity contribution in [2.45, 2.75) is 39.7 Å². The molecule has 1 saturated heterocycles. The number of hydrogen-bond acceptors (Lipinski definition) is 5. The Morgan fingerprint density at radius 3 is 2.33 bits per heavy atom. The van der Waals surface area contributed by atoms with Gasteiger partial charge in [0.15, 0.2) is 0 Å². The lowest BCUT2D eigenvalue weighted by Gasteiger charge is -2.39. The van der Waals surface area contributed by atoms with Crippen LogP contribution in [0.4, 0.5) is 10.1 Å². The van der Waals surface area contributed by atoms with E-state index in [1.807, 2.05) is 11.8 Å². The molecule has 1 atom stereocenters. The van der Waals surface area contributed by atoms with Crippen LogP contribution in [0.2, 0.25) is 0 Å². The monoisotopic (exact) mass is 439 g/mol. The van der Waals surface area contributed by atoms with Crippen molar-refractivity contribution in [3.8, 4) is 11.8 Å². The van der Waals surface area contributed by atoms with Crippen LogP contribution >= 0.6 is 0 Å². The normalized spacial score (nSPS) is 16.5. The number of hydrogen-bond donors (Lipinski definition) is 1. The molecule has 1 unspecified atom stereocenters. The number of carbonyl (C=O) groups is 1. The van der Waals surface area contributed by atoms with Crippen LogP contribution < -0.4 is 4.90 Å². The van der Waals surface area contributed by atoms with Gasteiger partial charge < -0.3 is 4.90 Å². The van der Waals surface area contributed by atoms with E-state index in [2.05, 4.69) is 11.8 Å². The van der Waals surface area contributed by atoms with Crippen molar-refractivity contribution in [1.82, 2.24) is 9.37 Å². The molecule has 166 valence electrons. The molecule has 1 aliphatic heterocycles. The summed E-state index contributed by atoms with van der Waals surface area (Å²) >= 11 is 0. The van der Waals surface area contributed by atoms with Gasteiger partial charge in [-0.3, -0.25) is 10.0 Å². The number of benzene rings is 1. The molecule has 0 spiro atoms. The molecule has 2 rings (SSSR count). The van der Waals surface area contributed by atoms with Crippen LogP contribution in [0.3, 0.4) is 0 Å². The molecule has 1 amide bonds. The lowest BCUT2D eigenvalue weighted by Crippen LogP contribution is -2.54. The molecule has 7 nitrogen and oxygen atoms in total. The number of sulfonamides is 1. The predicted molar refractivity (Wildman–Crippen MR) is 114 cm³/mol. The van der Waals surface area contributed by atoms with Crippen molar-refractivity contribution in [2.24, 2.45) is 5.41 Å². The Labute approximate surface area is 178 Å². The molecule has 9 heteroatoms. The third-order valence-corrected chi connectivity index (χ3v) is 7.26. The average molecular weight is 440 g/mol. The third-order valence-electron chi connectivity index (χ3n) is 5.37. The van der Waals surface area contributed by atoms with Crippen LogP contribution in [0.25, 0.3) is 0 Å². The second-order valence-corrected chi connectivity index (χ2v) is 10.0. The fourth-order valence-corrected chi connectivity index (χ4v) is 5.38. The topological polar surface area (TPSA) is 81.2 Å². The van der Waals surface area contributed by atoms with Gasteiger partial charge in [-0.05, 0) is 29.7 Å². The van der Waals surface area contributed by atoms with Crippen LogP contribution in [0.1, 0.15) is 33.6 Å². The van der Waals surface area contributed by atoms with Crippen LogP contribution in [0, 0.1) is 23.1 Å². The lowest BCUT2D eigenvalue weighted by molar-refractivity contribution is -0.168. The summed E-state index contributed by atoms with van der Waals surface area (Å²) in [5.74, 6) is 5.21. The minimum atomic E-state index is -3.73. The molecule has 1 aromatic carbocycles. The van der Waals surface area contributed by atoms with Crippen molar-refractivity contribution >= 4 is 22.1 Å². The fraction of sp³-hybridized carbons (Fsp3) is 0.571. The number of halogens is 1. The molecule has 1 N–H and O–H groups in total. The van der Waals surface area contributed by atoms with Gasteiger partial charge in [0.1, 0.15) is 5.82 Å². The van der Waals surface area contributed by atoms with Gasteiger partial charge in [0.2, 0.25) is 16.4 Å². The van der Waals surface area contributed by atoms with Crippen molar-refractivity contribution in [2.75, 3.05) is 36.8 Å². The van der Waals surface area contributed by atoms with E-state index in [4.69, 9.17) is 0 Å². The largest absolute Gasteiger partial charge is 0.369 e. The predicted octanol–water partition coefficient (Wildman–Crippen LogP) is 2.32. The molecule has 0 aliphatic carbocycles. The molecule has 0 saturated carbocycles. The fourth-order valence-electron chi connectivity index (χ4n) is 3.45. The first-order valence-electron chi connectivity index (χ1n) is 9.97. The van der Waals surface area contributed by atoms with E-state index in [0.717, 1.165) is 5.69 Å². The van der Waals surface area contributed by atoms with Crippen LogP contribution in [-0.4, -0.2) is 67.4 Å². The summed E-state index contributed by atoms with van der Waals surface area (Å²) in [5.41, 5.74) is 0.116. The van der Waals surface area contributed by atoms with Crippen LogP contribution in [0.15, 0.2) is 24.3 Å². The van der Waals surface area contributed by atoms with Gasteiger partial charge in [-0.15, -0.1) is 11.8 Å². The number of hydroxylamine groups is 2. The van der Waals surface area contributed by atoms with E-state index in [-0.39, 0.29) is 31.1 Å². The van der Waals surface area contributed by atoms with Crippen molar-refractivity contribution in [3.63, 3.8) is 0 Å².